The summed E-state index contributed by atoms with van der Waals surface area (Å²) in [6.07, 6.45) is 14.2. The number of phenolic OH excluding ortho intramolecular Hbond substituents is 3. The van der Waals surface area contributed by atoms with E-state index in [1.807, 2.05) is 18.2 Å². The van der Waals surface area contributed by atoms with Crippen molar-refractivity contribution in [1.29, 1.82) is 0 Å². The van der Waals surface area contributed by atoms with Crippen molar-refractivity contribution in [2.45, 2.75) is 67.2 Å². The largest absolute Gasteiger partial charge is 0.508 e. The monoisotopic (exact) mass is 396 g/mol. The molecule has 0 unspecified atom stereocenters. The van der Waals surface area contributed by atoms with Crippen molar-refractivity contribution in [2.75, 3.05) is 0 Å². The Labute approximate surface area is 176 Å². The first-order chi connectivity index (χ1) is 13.6. The fourth-order valence-corrected chi connectivity index (χ4v) is 2.87. The molecular formula is C26H36O3. The zero-order valence-corrected chi connectivity index (χ0v) is 18.7. The minimum Gasteiger partial charge on any atom is -0.508 e. The number of rotatable bonds is 9. The zero-order chi connectivity index (χ0) is 22.0. The Hall–Kier alpha value is -2.68. The van der Waals surface area contributed by atoms with Gasteiger partial charge in [0, 0.05) is 11.6 Å². The summed E-state index contributed by atoms with van der Waals surface area (Å²) in [7, 11) is 0. The molecule has 0 radical (unpaired) electrons. The van der Waals surface area contributed by atoms with Crippen molar-refractivity contribution in [2.24, 2.45) is 0 Å². The van der Waals surface area contributed by atoms with E-state index in [0.717, 1.165) is 42.9 Å². The van der Waals surface area contributed by atoms with E-state index >= 15 is 0 Å². The molecule has 3 heteroatoms. The van der Waals surface area contributed by atoms with Crippen LogP contribution in [0.1, 0.15) is 72.8 Å². The van der Waals surface area contributed by atoms with E-state index in [4.69, 9.17) is 0 Å². The first kappa shape index (κ1) is 24.4. The summed E-state index contributed by atoms with van der Waals surface area (Å²) in [6, 6.07) is 2.62. The molecule has 0 atom stereocenters. The second kappa shape index (κ2) is 12.0. The van der Waals surface area contributed by atoms with Gasteiger partial charge in [-0.15, -0.1) is 0 Å². The third-order valence-corrected chi connectivity index (χ3v) is 4.52. The molecule has 0 aliphatic carbocycles. The quantitative estimate of drug-likeness (QED) is 0.174. The maximum atomic E-state index is 10.4. The molecule has 1 aromatic carbocycles. The summed E-state index contributed by atoms with van der Waals surface area (Å²) < 4.78 is 0. The summed E-state index contributed by atoms with van der Waals surface area (Å²) in [5, 5.41) is 30.2. The van der Waals surface area contributed by atoms with Gasteiger partial charge in [0.2, 0.25) is 0 Å². The van der Waals surface area contributed by atoms with Crippen LogP contribution in [0, 0.1) is 0 Å². The highest BCUT2D eigenvalue weighted by atomic mass is 16.3. The Morgan fingerprint density at radius 1 is 0.759 bits per heavy atom. The van der Waals surface area contributed by atoms with Crippen molar-refractivity contribution < 1.29 is 15.3 Å². The minimum atomic E-state index is -0.328. The van der Waals surface area contributed by atoms with Crippen LogP contribution in [0.25, 0.3) is 5.57 Å². The Morgan fingerprint density at radius 2 is 1.31 bits per heavy atom. The fourth-order valence-electron chi connectivity index (χ4n) is 2.87. The summed E-state index contributed by atoms with van der Waals surface area (Å²) in [6.45, 7) is 12.5. The van der Waals surface area contributed by atoms with Gasteiger partial charge in [0.25, 0.3) is 0 Å². The summed E-state index contributed by atoms with van der Waals surface area (Å²) in [4.78, 5) is 0. The molecule has 1 rings (SSSR count). The molecule has 0 aliphatic heterocycles. The van der Waals surface area contributed by atoms with E-state index in [1.54, 1.807) is 0 Å². The van der Waals surface area contributed by atoms with E-state index in [-0.39, 0.29) is 17.2 Å². The molecular weight excluding hydrogens is 360 g/mol. The lowest BCUT2D eigenvalue weighted by Gasteiger charge is -2.10. The van der Waals surface area contributed by atoms with Crippen molar-refractivity contribution in [3.8, 4) is 17.2 Å². The third-order valence-electron chi connectivity index (χ3n) is 4.52. The second-order valence-corrected chi connectivity index (χ2v) is 8.13. The highest BCUT2D eigenvalue weighted by Crippen LogP contribution is 2.38. The minimum absolute atomic E-state index is 0.0824. The molecule has 0 saturated heterocycles. The topological polar surface area (TPSA) is 60.7 Å². The molecule has 0 saturated carbocycles. The molecule has 3 N–H and O–H groups in total. The molecule has 29 heavy (non-hydrogen) atoms. The average Bonchev–Trinajstić information content (AvgIpc) is 2.61. The summed E-state index contributed by atoms with van der Waals surface area (Å²) >= 11 is 0. The number of aromatic hydroxyl groups is 3. The van der Waals surface area contributed by atoms with E-state index in [1.165, 1.54) is 22.8 Å². The van der Waals surface area contributed by atoms with Gasteiger partial charge in [-0.2, -0.15) is 0 Å². The number of hydrogen-bond acceptors (Lipinski definition) is 3. The lowest BCUT2D eigenvalue weighted by atomic mass is 9.98. The standard InChI is InChI=1S/C26H36O3/c1-18(2)9-7-11-20(5)13-14-22(15-21(6)12-8-10-19(3)4)24-16-23(27)17-25(28)26(24)29/h9-10,13-17,27-29H,7-8,11-12H2,1-6H3. The molecule has 0 bridgehead atoms. The van der Waals surface area contributed by atoms with Crippen molar-refractivity contribution in [3.63, 3.8) is 0 Å². The SMILES string of the molecule is CC(C)=CCCC(C)=CC=C(C=C(C)CCC=C(C)C)c1cc(O)cc(O)c1O. The zero-order valence-electron chi connectivity index (χ0n) is 18.7. The molecule has 158 valence electrons. The van der Waals surface area contributed by atoms with Crippen LogP contribution < -0.4 is 0 Å². The van der Waals surface area contributed by atoms with Crippen LogP contribution in [-0.4, -0.2) is 15.3 Å². The Balaban J connectivity index is 3.25. The Kier molecular flexibility index (Phi) is 10.1. The lowest BCUT2D eigenvalue weighted by Crippen LogP contribution is -1.87. The molecule has 0 fully saturated rings. The molecule has 0 amide bonds. The summed E-state index contributed by atoms with van der Waals surface area (Å²) in [5.41, 5.74) is 6.15. The normalized spacial score (nSPS) is 12.7. The van der Waals surface area contributed by atoms with Crippen molar-refractivity contribution >= 4 is 5.57 Å². The van der Waals surface area contributed by atoms with Crippen LogP contribution in [0.3, 0.4) is 0 Å². The number of allylic oxidation sites excluding steroid dienone is 10. The maximum absolute atomic E-state index is 10.4. The Bertz CT molecular complexity index is 841. The molecule has 1 aromatic rings. The third kappa shape index (κ3) is 9.38. The molecule has 0 aliphatic rings. The van der Waals surface area contributed by atoms with Crippen LogP contribution in [0.15, 0.2) is 64.8 Å². The van der Waals surface area contributed by atoms with Gasteiger partial charge in [-0.3, -0.25) is 0 Å². The Morgan fingerprint density at radius 3 is 1.86 bits per heavy atom. The van der Waals surface area contributed by atoms with Gasteiger partial charge in [0.15, 0.2) is 11.5 Å². The highest BCUT2D eigenvalue weighted by Gasteiger charge is 2.12. The molecule has 3 nitrogen and oxygen atoms in total. The highest BCUT2D eigenvalue weighted by molar-refractivity contribution is 5.81. The number of hydrogen-bond donors (Lipinski definition) is 3. The number of phenols is 3. The van der Waals surface area contributed by atoms with Crippen LogP contribution in [0.5, 0.6) is 17.2 Å². The first-order valence-corrected chi connectivity index (χ1v) is 10.2. The molecule has 0 heterocycles. The molecule has 0 aromatic heterocycles. The van der Waals surface area contributed by atoms with Gasteiger partial charge in [0.1, 0.15) is 5.75 Å². The number of benzene rings is 1. The van der Waals surface area contributed by atoms with Gasteiger partial charge in [-0.1, -0.05) is 52.7 Å². The second-order valence-electron chi connectivity index (χ2n) is 8.13. The molecule has 0 spiro atoms. The fraction of sp³-hybridized carbons (Fsp3) is 0.385. The van der Waals surface area contributed by atoms with Crippen LogP contribution in [-0.2, 0) is 0 Å². The van der Waals surface area contributed by atoms with Crippen LogP contribution in [0.4, 0.5) is 0 Å². The predicted octanol–water partition coefficient (Wildman–Crippen LogP) is 7.57. The average molecular weight is 397 g/mol. The van der Waals surface area contributed by atoms with Gasteiger partial charge in [-0.25, -0.2) is 0 Å². The maximum Gasteiger partial charge on any atom is 0.165 e. The lowest BCUT2D eigenvalue weighted by molar-refractivity contribution is 0.395. The van der Waals surface area contributed by atoms with Gasteiger partial charge >= 0.3 is 0 Å². The summed E-state index contributed by atoms with van der Waals surface area (Å²) in [5.74, 6) is -0.634. The predicted molar refractivity (Wildman–Crippen MR) is 124 cm³/mol. The smallest absolute Gasteiger partial charge is 0.165 e. The van der Waals surface area contributed by atoms with Crippen LogP contribution in [0.2, 0.25) is 0 Å². The van der Waals surface area contributed by atoms with Gasteiger partial charge < -0.3 is 15.3 Å². The van der Waals surface area contributed by atoms with Crippen molar-refractivity contribution in [3.05, 3.63) is 70.4 Å². The van der Waals surface area contributed by atoms with Gasteiger partial charge in [-0.05, 0) is 78.9 Å². The van der Waals surface area contributed by atoms with Crippen LogP contribution >= 0.6 is 0 Å². The van der Waals surface area contributed by atoms with Gasteiger partial charge in [0.05, 0.1) is 0 Å². The first-order valence-electron chi connectivity index (χ1n) is 10.2. The van der Waals surface area contributed by atoms with E-state index in [0.29, 0.717) is 5.56 Å². The van der Waals surface area contributed by atoms with E-state index < -0.39 is 0 Å². The van der Waals surface area contributed by atoms with Crippen molar-refractivity contribution in [1.82, 2.24) is 0 Å². The van der Waals surface area contributed by atoms with E-state index in [9.17, 15) is 15.3 Å². The van der Waals surface area contributed by atoms with E-state index in [2.05, 4.69) is 53.7 Å².